The molecule has 0 bridgehead atoms. The first-order valence-corrected chi connectivity index (χ1v) is 5.73. The van der Waals surface area contributed by atoms with Crippen LogP contribution < -0.4 is 5.32 Å². The van der Waals surface area contributed by atoms with E-state index >= 15 is 0 Å². The van der Waals surface area contributed by atoms with Crippen LogP contribution in [0, 0.1) is 5.82 Å². The summed E-state index contributed by atoms with van der Waals surface area (Å²) in [6.07, 6.45) is 1.00. The predicted octanol–water partition coefficient (Wildman–Crippen LogP) is 2.56. The number of methoxy groups -OCH3 is 1. The summed E-state index contributed by atoms with van der Waals surface area (Å²) in [6, 6.07) is 6.85. The summed E-state index contributed by atoms with van der Waals surface area (Å²) < 4.78 is 18.0. The van der Waals surface area contributed by atoms with E-state index in [1.807, 2.05) is 6.07 Å². The highest BCUT2D eigenvalue weighted by atomic mass is 19.1. The third kappa shape index (κ3) is 4.29. The number of rotatable bonds is 7. The third-order valence-corrected chi connectivity index (χ3v) is 2.69. The van der Waals surface area contributed by atoms with Crippen molar-refractivity contribution < 1.29 is 9.13 Å². The first kappa shape index (κ1) is 13.1. The van der Waals surface area contributed by atoms with E-state index in [2.05, 4.69) is 12.2 Å². The van der Waals surface area contributed by atoms with Gasteiger partial charge in [-0.05, 0) is 30.0 Å². The highest BCUT2D eigenvalue weighted by Gasteiger charge is 2.09. The maximum atomic E-state index is 13.1. The average molecular weight is 225 g/mol. The summed E-state index contributed by atoms with van der Waals surface area (Å²) in [4.78, 5) is 0. The van der Waals surface area contributed by atoms with E-state index in [1.54, 1.807) is 19.2 Å². The lowest BCUT2D eigenvalue weighted by Gasteiger charge is -2.16. The summed E-state index contributed by atoms with van der Waals surface area (Å²) >= 11 is 0. The maximum Gasteiger partial charge on any atom is 0.123 e. The number of ether oxygens (including phenoxy) is 1. The molecule has 1 rings (SSSR count). The van der Waals surface area contributed by atoms with E-state index in [9.17, 15) is 4.39 Å². The molecule has 0 saturated carbocycles. The molecule has 0 heterocycles. The van der Waals surface area contributed by atoms with E-state index in [0.717, 1.165) is 25.1 Å². The minimum absolute atomic E-state index is 0.159. The van der Waals surface area contributed by atoms with E-state index in [0.29, 0.717) is 12.5 Å². The quantitative estimate of drug-likeness (QED) is 0.720. The molecule has 0 aromatic heterocycles. The molecule has 0 spiro atoms. The zero-order chi connectivity index (χ0) is 11.8. The maximum absolute atomic E-state index is 13.1. The highest BCUT2D eigenvalue weighted by molar-refractivity contribution is 5.20. The Labute approximate surface area is 96.8 Å². The molecular formula is C13H20FNO. The fourth-order valence-electron chi connectivity index (χ4n) is 1.71. The molecule has 90 valence electrons. The number of benzene rings is 1. The van der Waals surface area contributed by atoms with Crippen LogP contribution >= 0.6 is 0 Å². The SMILES string of the molecule is CCC(CNCCOC)c1cccc(F)c1. The first-order valence-electron chi connectivity index (χ1n) is 5.73. The molecule has 3 heteroatoms. The minimum Gasteiger partial charge on any atom is -0.383 e. The summed E-state index contributed by atoms with van der Waals surface area (Å²) in [5, 5.41) is 3.31. The van der Waals surface area contributed by atoms with Gasteiger partial charge < -0.3 is 10.1 Å². The van der Waals surface area contributed by atoms with Crippen molar-refractivity contribution in [3.05, 3.63) is 35.6 Å². The number of nitrogens with one attached hydrogen (secondary N) is 1. The van der Waals surface area contributed by atoms with Crippen LogP contribution in [0.4, 0.5) is 4.39 Å². The topological polar surface area (TPSA) is 21.3 Å². The van der Waals surface area contributed by atoms with Gasteiger partial charge in [-0.3, -0.25) is 0 Å². The van der Waals surface area contributed by atoms with Gasteiger partial charge in [0.2, 0.25) is 0 Å². The molecule has 0 fully saturated rings. The molecular weight excluding hydrogens is 205 g/mol. The van der Waals surface area contributed by atoms with Crippen molar-refractivity contribution in [3.63, 3.8) is 0 Å². The van der Waals surface area contributed by atoms with Crippen molar-refractivity contribution in [2.24, 2.45) is 0 Å². The molecule has 0 saturated heterocycles. The Morgan fingerprint density at radius 2 is 2.25 bits per heavy atom. The molecule has 1 aromatic rings. The van der Waals surface area contributed by atoms with E-state index in [4.69, 9.17) is 4.74 Å². The molecule has 0 aliphatic heterocycles. The van der Waals surface area contributed by atoms with Crippen LogP contribution in [0.2, 0.25) is 0 Å². The van der Waals surface area contributed by atoms with Gasteiger partial charge in [0.05, 0.1) is 6.61 Å². The highest BCUT2D eigenvalue weighted by Crippen LogP contribution is 2.19. The van der Waals surface area contributed by atoms with Gasteiger partial charge in [-0.25, -0.2) is 4.39 Å². The molecule has 1 N–H and O–H groups in total. The Balaban J connectivity index is 2.47. The molecule has 16 heavy (non-hydrogen) atoms. The Hall–Kier alpha value is -0.930. The lowest BCUT2D eigenvalue weighted by Crippen LogP contribution is -2.24. The van der Waals surface area contributed by atoms with E-state index < -0.39 is 0 Å². The molecule has 0 aliphatic carbocycles. The standard InChI is InChI=1S/C13H20FNO/c1-3-11(10-15-7-8-16-2)12-5-4-6-13(14)9-12/h4-6,9,11,15H,3,7-8,10H2,1-2H3. The van der Waals surface area contributed by atoms with Crippen LogP contribution in [0.15, 0.2) is 24.3 Å². The van der Waals surface area contributed by atoms with Gasteiger partial charge in [0.1, 0.15) is 5.82 Å². The van der Waals surface area contributed by atoms with Crippen LogP contribution in [-0.4, -0.2) is 26.8 Å². The third-order valence-electron chi connectivity index (χ3n) is 2.69. The summed E-state index contributed by atoms with van der Waals surface area (Å²) in [5.41, 5.74) is 1.06. The van der Waals surface area contributed by atoms with E-state index in [-0.39, 0.29) is 5.82 Å². The Kier molecular flexibility index (Phi) is 6.04. The Morgan fingerprint density at radius 1 is 1.44 bits per heavy atom. The monoisotopic (exact) mass is 225 g/mol. The van der Waals surface area contributed by atoms with Gasteiger partial charge in [-0.15, -0.1) is 0 Å². The Morgan fingerprint density at radius 3 is 2.88 bits per heavy atom. The number of hydrogen-bond donors (Lipinski definition) is 1. The zero-order valence-corrected chi connectivity index (χ0v) is 10.0. The van der Waals surface area contributed by atoms with Crippen molar-refractivity contribution in [3.8, 4) is 0 Å². The molecule has 0 aliphatic rings. The van der Waals surface area contributed by atoms with Gasteiger partial charge >= 0.3 is 0 Å². The van der Waals surface area contributed by atoms with Crippen molar-refractivity contribution >= 4 is 0 Å². The van der Waals surface area contributed by atoms with E-state index in [1.165, 1.54) is 6.07 Å². The first-order chi connectivity index (χ1) is 7.77. The molecule has 0 amide bonds. The lowest BCUT2D eigenvalue weighted by atomic mass is 9.96. The van der Waals surface area contributed by atoms with Gasteiger partial charge in [0.15, 0.2) is 0 Å². The molecule has 1 atom stereocenters. The average Bonchev–Trinajstić information content (AvgIpc) is 2.29. The van der Waals surface area contributed by atoms with Crippen LogP contribution in [0.25, 0.3) is 0 Å². The molecule has 1 aromatic carbocycles. The second kappa shape index (κ2) is 7.36. The van der Waals surface area contributed by atoms with Crippen molar-refractivity contribution in [2.75, 3.05) is 26.8 Å². The van der Waals surface area contributed by atoms with Crippen molar-refractivity contribution in [2.45, 2.75) is 19.3 Å². The van der Waals surface area contributed by atoms with Crippen molar-refractivity contribution in [1.82, 2.24) is 5.32 Å². The van der Waals surface area contributed by atoms with Gasteiger partial charge in [-0.1, -0.05) is 19.1 Å². The van der Waals surface area contributed by atoms with Crippen LogP contribution in [0.1, 0.15) is 24.8 Å². The molecule has 2 nitrogen and oxygen atoms in total. The lowest BCUT2D eigenvalue weighted by molar-refractivity contribution is 0.199. The Bertz CT molecular complexity index is 304. The minimum atomic E-state index is -0.159. The fourth-order valence-corrected chi connectivity index (χ4v) is 1.71. The van der Waals surface area contributed by atoms with Crippen molar-refractivity contribution in [1.29, 1.82) is 0 Å². The van der Waals surface area contributed by atoms with Gasteiger partial charge in [-0.2, -0.15) is 0 Å². The number of hydrogen-bond acceptors (Lipinski definition) is 2. The van der Waals surface area contributed by atoms with Crippen LogP contribution in [-0.2, 0) is 4.74 Å². The summed E-state index contributed by atoms with van der Waals surface area (Å²) in [6.45, 7) is 4.53. The van der Waals surface area contributed by atoms with Crippen LogP contribution in [0.3, 0.4) is 0 Å². The van der Waals surface area contributed by atoms with Gasteiger partial charge in [0.25, 0.3) is 0 Å². The van der Waals surface area contributed by atoms with Gasteiger partial charge in [0, 0.05) is 20.2 Å². The molecule has 1 unspecified atom stereocenters. The largest absolute Gasteiger partial charge is 0.383 e. The second-order valence-electron chi connectivity index (χ2n) is 3.86. The fraction of sp³-hybridized carbons (Fsp3) is 0.538. The van der Waals surface area contributed by atoms with Crippen LogP contribution in [0.5, 0.6) is 0 Å². The number of halogens is 1. The predicted molar refractivity (Wildman–Crippen MR) is 64.2 cm³/mol. The zero-order valence-electron chi connectivity index (χ0n) is 10.0. The second-order valence-corrected chi connectivity index (χ2v) is 3.86. The summed E-state index contributed by atoms with van der Waals surface area (Å²) in [7, 11) is 1.69. The molecule has 0 radical (unpaired) electrons. The smallest absolute Gasteiger partial charge is 0.123 e. The normalized spacial score (nSPS) is 12.7. The summed E-state index contributed by atoms with van der Waals surface area (Å²) in [5.74, 6) is 0.209.